The highest BCUT2D eigenvalue weighted by Gasteiger charge is 2.21. The maximum atomic E-state index is 12.0. The summed E-state index contributed by atoms with van der Waals surface area (Å²) in [6.07, 6.45) is -0.780. The zero-order chi connectivity index (χ0) is 16.4. The van der Waals surface area contributed by atoms with E-state index in [1.54, 1.807) is 20.8 Å². The number of benzene rings is 1. The number of aromatic hydroxyl groups is 1. The number of hydrogen-bond acceptors (Lipinski definition) is 5. The van der Waals surface area contributed by atoms with Gasteiger partial charge in [-0.15, -0.1) is 0 Å². The summed E-state index contributed by atoms with van der Waals surface area (Å²) in [4.78, 5) is 11.6. The van der Waals surface area contributed by atoms with Crippen molar-refractivity contribution in [2.45, 2.75) is 31.3 Å². The standard InChI is InChI=1S/C13H20N2O5S/c1-13(2,3)20-12(17)14-10-8-9(6-7-11(10)16)21(18,19)15(4)5/h6-8,16H,1-5H3,(H,14,17). The van der Waals surface area contributed by atoms with E-state index < -0.39 is 21.7 Å². The Kier molecular flexibility index (Phi) is 4.85. The number of carbonyl (C=O) groups excluding carboxylic acids is 1. The van der Waals surface area contributed by atoms with Crippen LogP contribution in [0, 0.1) is 0 Å². The zero-order valence-corrected chi connectivity index (χ0v) is 13.5. The highest BCUT2D eigenvalue weighted by atomic mass is 32.2. The van der Waals surface area contributed by atoms with E-state index in [4.69, 9.17) is 4.74 Å². The highest BCUT2D eigenvalue weighted by molar-refractivity contribution is 7.89. The smallest absolute Gasteiger partial charge is 0.412 e. The van der Waals surface area contributed by atoms with Crippen LogP contribution in [-0.4, -0.2) is 43.6 Å². The van der Waals surface area contributed by atoms with E-state index in [0.29, 0.717) is 0 Å². The molecule has 7 nitrogen and oxygen atoms in total. The van der Waals surface area contributed by atoms with Gasteiger partial charge in [-0.2, -0.15) is 0 Å². The minimum absolute atomic E-state index is 0.0350. The molecule has 0 radical (unpaired) electrons. The number of carbonyl (C=O) groups is 1. The molecule has 0 unspecified atom stereocenters. The van der Waals surface area contributed by atoms with Crippen molar-refractivity contribution in [1.29, 1.82) is 0 Å². The van der Waals surface area contributed by atoms with Gasteiger partial charge in [0, 0.05) is 14.1 Å². The van der Waals surface area contributed by atoms with Crippen LogP contribution in [0.4, 0.5) is 10.5 Å². The minimum Gasteiger partial charge on any atom is -0.506 e. The third-order valence-electron chi connectivity index (χ3n) is 2.38. The molecule has 21 heavy (non-hydrogen) atoms. The van der Waals surface area contributed by atoms with Gasteiger partial charge < -0.3 is 9.84 Å². The number of rotatable bonds is 3. The Morgan fingerprint density at radius 3 is 2.33 bits per heavy atom. The molecule has 8 heteroatoms. The van der Waals surface area contributed by atoms with Gasteiger partial charge in [0.05, 0.1) is 10.6 Å². The second kappa shape index (κ2) is 5.90. The van der Waals surface area contributed by atoms with Crippen LogP contribution in [0.25, 0.3) is 0 Å². The number of ether oxygens (including phenoxy) is 1. The van der Waals surface area contributed by atoms with Crippen molar-refractivity contribution in [1.82, 2.24) is 4.31 Å². The molecule has 118 valence electrons. The Morgan fingerprint density at radius 2 is 1.86 bits per heavy atom. The van der Waals surface area contributed by atoms with Crippen molar-refractivity contribution in [2.24, 2.45) is 0 Å². The zero-order valence-electron chi connectivity index (χ0n) is 12.7. The Morgan fingerprint density at radius 1 is 1.29 bits per heavy atom. The molecule has 0 saturated heterocycles. The SMILES string of the molecule is CN(C)S(=O)(=O)c1ccc(O)c(NC(=O)OC(C)(C)C)c1. The third-order valence-corrected chi connectivity index (χ3v) is 4.19. The molecule has 0 saturated carbocycles. The van der Waals surface area contributed by atoms with Crippen LogP contribution in [0.15, 0.2) is 23.1 Å². The molecule has 0 aliphatic carbocycles. The number of nitrogens with zero attached hydrogens (tertiary/aromatic N) is 1. The molecule has 0 aliphatic rings. The third kappa shape index (κ3) is 4.61. The normalized spacial score (nSPS) is 12.3. The van der Waals surface area contributed by atoms with Crippen LogP contribution in [-0.2, 0) is 14.8 Å². The van der Waals surface area contributed by atoms with E-state index in [-0.39, 0.29) is 16.3 Å². The summed E-state index contributed by atoms with van der Waals surface area (Å²) in [5, 5.41) is 12.0. The van der Waals surface area contributed by atoms with E-state index >= 15 is 0 Å². The van der Waals surface area contributed by atoms with Gasteiger partial charge in [0.1, 0.15) is 11.4 Å². The molecule has 0 heterocycles. The molecule has 0 aromatic heterocycles. The summed E-state index contributed by atoms with van der Waals surface area (Å²) < 4.78 is 30.1. The highest BCUT2D eigenvalue weighted by Crippen LogP contribution is 2.27. The minimum atomic E-state index is -3.66. The first-order valence-corrected chi connectivity index (χ1v) is 7.63. The Labute approximate surface area is 124 Å². The topological polar surface area (TPSA) is 95.9 Å². The van der Waals surface area contributed by atoms with Crippen LogP contribution in [0.5, 0.6) is 5.75 Å². The van der Waals surface area contributed by atoms with Gasteiger partial charge in [-0.25, -0.2) is 17.5 Å². The Balaban J connectivity index is 3.07. The lowest BCUT2D eigenvalue weighted by atomic mass is 10.2. The van der Waals surface area contributed by atoms with Crippen LogP contribution in [0.2, 0.25) is 0 Å². The summed E-state index contributed by atoms with van der Waals surface area (Å²) in [6.45, 7) is 5.08. The number of anilines is 1. The fourth-order valence-electron chi connectivity index (χ4n) is 1.40. The first-order valence-electron chi connectivity index (χ1n) is 6.19. The number of amides is 1. The number of phenols is 1. The van der Waals surface area contributed by atoms with Crippen molar-refractivity contribution in [3.05, 3.63) is 18.2 Å². The maximum absolute atomic E-state index is 12.0. The van der Waals surface area contributed by atoms with Crippen LogP contribution in [0.1, 0.15) is 20.8 Å². The summed E-state index contributed by atoms with van der Waals surface area (Å²) in [5.41, 5.74) is -0.736. The van der Waals surface area contributed by atoms with Crippen LogP contribution >= 0.6 is 0 Å². The predicted octanol–water partition coefficient (Wildman–Crippen LogP) is 1.99. The second-order valence-electron chi connectivity index (χ2n) is 5.59. The summed E-state index contributed by atoms with van der Waals surface area (Å²) in [5.74, 6) is -0.251. The van der Waals surface area contributed by atoms with Crippen LogP contribution in [0.3, 0.4) is 0 Å². The first-order chi connectivity index (χ1) is 9.43. The second-order valence-corrected chi connectivity index (χ2v) is 7.75. The molecule has 1 amide bonds. The maximum Gasteiger partial charge on any atom is 0.412 e. The molecule has 0 fully saturated rings. The van der Waals surface area contributed by atoms with Crippen molar-refractivity contribution >= 4 is 21.8 Å². The summed E-state index contributed by atoms with van der Waals surface area (Å²) >= 11 is 0. The molecule has 1 rings (SSSR count). The lowest BCUT2D eigenvalue weighted by Crippen LogP contribution is -2.27. The fourth-order valence-corrected chi connectivity index (χ4v) is 2.33. The van der Waals surface area contributed by atoms with Gasteiger partial charge >= 0.3 is 6.09 Å². The number of sulfonamides is 1. The van der Waals surface area contributed by atoms with Gasteiger partial charge in [-0.1, -0.05) is 0 Å². The molecule has 1 aromatic rings. The largest absolute Gasteiger partial charge is 0.506 e. The van der Waals surface area contributed by atoms with Gasteiger partial charge in [-0.05, 0) is 39.0 Å². The van der Waals surface area contributed by atoms with Gasteiger partial charge in [0.15, 0.2) is 0 Å². The van der Waals surface area contributed by atoms with E-state index in [0.717, 1.165) is 4.31 Å². The summed E-state index contributed by atoms with van der Waals surface area (Å²) in [6, 6.07) is 3.63. The van der Waals surface area contributed by atoms with Gasteiger partial charge in [0.2, 0.25) is 10.0 Å². The van der Waals surface area contributed by atoms with Crippen molar-refractivity contribution < 1.29 is 23.1 Å². The Bertz CT molecular complexity index is 632. The average molecular weight is 316 g/mol. The number of nitrogens with one attached hydrogen (secondary N) is 1. The molecular formula is C13H20N2O5S. The molecule has 0 bridgehead atoms. The molecule has 0 atom stereocenters. The van der Waals surface area contributed by atoms with Gasteiger partial charge in [-0.3, -0.25) is 5.32 Å². The quantitative estimate of drug-likeness (QED) is 0.831. The van der Waals surface area contributed by atoms with E-state index in [9.17, 15) is 18.3 Å². The molecule has 0 aliphatic heterocycles. The first kappa shape index (κ1) is 17.3. The van der Waals surface area contributed by atoms with Crippen molar-refractivity contribution in [2.75, 3.05) is 19.4 Å². The molecule has 2 N–H and O–H groups in total. The number of phenolic OH excluding ortho intramolecular Hbond substituents is 1. The fraction of sp³-hybridized carbons (Fsp3) is 0.462. The average Bonchev–Trinajstić information content (AvgIpc) is 2.29. The Hall–Kier alpha value is -1.80. The monoisotopic (exact) mass is 316 g/mol. The van der Waals surface area contributed by atoms with Gasteiger partial charge in [0.25, 0.3) is 0 Å². The van der Waals surface area contributed by atoms with E-state index in [1.165, 1.54) is 32.3 Å². The van der Waals surface area contributed by atoms with Crippen LogP contribution < -0.4 is 5.32 Å². The molecule has 1 aromatic carbocycles. The van der Waals surface area contributed by atoms with Crippen molar-refractivity contribution in [3.63, 3.8) is 0 Å². The van der Waals surface area contributed by atoms with E-state index in [2.05, 4.69) is 5.32 Å². The van der Waals surface area contributed by atoms with E-state index in [1.807, 2.05) is 0 Å². The molecule has 0 spiro atoms. The lowest BCUT2D eigenvalue weighted by molar-refractivity contribution is 0.0635. The van der Waals surface area contributed by atoms with Crippen molar-refractivity contribution in [3.8, 4) is 5.75 Å². The predicted molar refractivity (Wildman–Crippen MR) is 78.8 cm³/mol. The lowest BCUT2D eigenvalue weighted by Gasteiger charge is -2.20. The number of hydrogen-bond donors (Lipinski definition) is 2. The summed E-state index contributed by atoms with van der Waals surface area (Å²) in [7, 11) is -0.873. The molecular weight excluding hydrogens is 296 g/mol.